The second kappa shape index (κ2) is 16.5. The van der Waals surface area contributed by atoms with Gasteiger partial charge in [0.25, 0.3) is 0 Å². The molecule has 0 saturated heterocycles. The highest BCUT2D eigenvalue weighted by Crippen LogP contribution is 2.42. The fourth-order valence-corrected chi connectivity index (χ4v) is 4.39. The molecule has 4 heteroatoms. The summed E-state index contributed by atoms with van der Waals surface area (Å²) in [5.41, 5.74) is 5.77. The van der Waals surface area contributed by atoms with Crippen molar-refractivity contribution in [3.05, 3.63) is 76.9 Å². The quantitative estimate of drug-likeness (QED) is 0.383. The van der Waals surface area contributed by atoms with Crippen molar-refractivity contribution in [1.82, 2.24) is 0 Å². The summed E-state index contributed by atoms with van der Waals surface area (Å²) in [6.07, 6.45) is 9.10. The Morgan fingerprint density at radius 2 is 1.85 bits per heavy atom. The lowest BCUT2D eigenvalue weighted by molar-refractivity contribution is 0.241. The van der Waals surface area contributed by atoms with Gasteiger partial charge < -0.3 is 4.74 Å². The Morgan fingerprint density at radius 3 is 2.41 bits per heavy atom. The van der Waals surface area contributed by atoms with Gasteiger partial charge >= 0.3 is 0 Å². The summed E-state index contributed by atoms with van der Waals surface area (Å²) < 4.78 is 5.72. The van der Waals surface area contributed by atoms with E-state index in [1.54, 1.807) is 11.8 Å². The van der Waals surface area contributed by atoms with E-state index in [1.807, 2.05) is 43.8 Å². The fourth-order valence-electron chi connectivity index (χ4n) is 3.46. The first-order valence-electron chi connectivity index (χ1n) is 12.2. The molecule has 1 aliphatic carbocycles. The number of allylic oxidation sites excluding steroid dienone is 1. The maximum absolute atomic E-state index is 9.47. The second-order valence-corrected chi connectivity index (χ2v) is 10.5. The van der Waals surface area contributed by atoms with Crippen molar-refractivity contribution in [1.29, 1.82) is 5.26 Å². The predicted molar refractivity (Wildman–Crippen MR) is 156 cm³/mol. The van der Waals surface area contributed by atoms with Crippen molar-refractivity contribution in [2.75, 3.05) is 12.0 Å². The molecule has 2 aromatic carbocycles. The molecule has 0 radical (unpaired) electrons. The monoisotopic (exact) mass is 495 g/mol. The summed E-state index contributed by atoms with van der Waals surface area (Å²) in [5, 5.41) is 9.47. The van der Waals surface area contributed by atoms with E-state index < -0.39 is 0 Å². The van der Waals surface area contributed by atoms with E-state index >= 15 is 0 Å². The summed E-state index contributed by atoms with van der Waals surface area (Å²) in [7, 11) is 0. The Balaban J connectivity index is 0.000000732. The van der Waals surface area contributed by atoms with Crippen molar-refractivity contribution in [2.24, 2.45) is 0 Å². The molecule has 2 aromatic rings. The number of ether oxygens (including phenoxy) is 1. The van der Waals surface area contributed by atoms with Crippen LogP contribution in [0.25, 0.3) is 9.81 Å². The van der Waals surface area contributed by atoms with Crippen molar-refractivity contribution >= 4 is 33.3 Å². The predicted octanol–water partition coefficient (Wildman–Crippen LogP) is 9.38. The van der Waals surface area contributed by atoms with Gasteiger partial charge in [-0.15, -0.1) is 0 Å². The van der Waals surface area contributed by atoms with Gasteiger partial charge in [-0.3, -0.25) is 0 Å². The standard InChI is InChI=1S/C24H25NOS.C3H8S.C3H8/c1-5-24(22-11-7-9-18-8-6-10-21(18)22)27-17(4)19-12-13-23(26-16(2)3)20(14-19)15-25;1-3-4-2;1-3-2/h5,7,9,11-14,16H,4,6,8,10H2,1-3H3;3H2,1-2H3;3H2,1-2H3/b24-5-;;. The van der Waals surface area contributed by atoms with E-state index in [4.69, 9.17) is 4.74 Å². The molecule has 0 unspecified atom stereocenters. The van der Waals surface area contributed by atoms with Crippen LogP contribution in [-0.2, 0) is 12.8 Å². The third-order valence-electron chi connectivity index (χ3n) is 4.98. The van der Waals surface area contributed by atoms with Crippen LogP contribution in [0.15, 0.2) is 49.1 Å². The van der Waals surface area contributed by atoms with Crippen LogP contribution in [0.1, 0.15) is 82.2 Å². The first-order chi connectivity index (χ1) is 16.4. The van der Waals surface area contributed by atoms with E-state index in [2.05, 4.69) is 70.9 Å². The number of hydrogen-bond donors (Lipinski definition) is 0. The normalized spacial score (nSPS) is 12.0. The average Bonchev–Trinajstić information content (AvgIpc) is 3.32. The third-order valence-corrected chi connectivity index (χ3v) is 6.72. The van der Waals surface area contributed by atoms with Crippen LogP contribution >= 0.6 is 23.5 Å². The molecule has 0 amide bonds. The largest absolute Gasteiger partial charge is 0.490 e. The van der Waals surface area contributed by atoms with Gasteiger partial charge in [-0.25, -0.2) is 0 Å². The van der Waals surface area contributed by atoms with Gasteiger partial charge in [-0.1, -0.05) is 75.9 Å². The summed E-state index contributed by atoms with van der Waals surface area (Å²) in [4.78, 5) is 2.16. The van der Waals surface area contributed by atoms with Gasteiger partial charge in [-0.2, -0.15) is 17.0 Å². The van der Waals surface area contributed by atoms with E-state index in [0.717, 1.165) is 16.9 Å². The topological polar surface area (TPSA) is 33.0 Å². The Morgan fingerprint density at radius 1 is 1.18 bits per heavy atom. The highest BCUT2D eigenvalue weighted by molar-refractivity contribution is 8.16. The lowest BCUT2D eigenvalue weighted by Gasteiger charge is -2.15. The molecule has 0 aromatic heterocycles. The van der Waals surface area contributed by atoms with Gasteiger partial charge in [0, 0.05) is 9.81 Å². The van der Waals surface area contributed by atoms with Crippen molar-refractivity contribution in [2.45, 2.75) is 73.3 Å². The van der Waals surface area contributed by atoms with Crippen LogP contribution < -0.4 is 4.74 Å². The molecule has 0 N–H and O–H groups in total. The Bertz CT molecular complexity index is 984. The molecular formula is C30H41NOS2. The van der Waals surface area contributed by atoms with Gasteiger partial charge in [0.1, 0.15) is 11.8 Å². The molecule has 0 spiro atoms. The van der Waals surface area contributed by atoms with Crippen LogP contribution in [-0.4, -0.2) is 18.1 Å². The molecule has 34 heavy (non-hydrogen) atoms. The molecular weight excluding hydrogens is 454 g/mol. The van der Waals surface area contributed by atoms with Gasteiger partial charge in [-0.05, 0) is 86.4 Å². The lowest BCUT2D eigenvalue weighted by atomic mass is 10.0. The van der Waals surface area contributed by atoms with Crippen molar-refractivity contribution < 1.29 is 4.74 Å². The number of fused-ring (bicyclic) bond motifs is 1. The number of hydrogen-bond acceptors (Lipinski definition) is 4. The van der Waals surface area contributed by atoms with Crippen LogP contribution in [0.5, 0.6) is 5.75 Å². The Labute approximate surface area is 216 Å². The fraction of sp³-hybridized carbons (Fsp3) is 0.433. The van der Waals surface area contributed by atoms with Crippen LogP contribution in [0.3, 0.4) is 0 Å². The first-order valence-corrected chi connectivity index (χ1v) is 14.4. The van der Waals surface area contributed by atoms with E-state index in [9.17, 15) is 5.26 Å². The maximum atomic E-state index is 9.47. The SMILES string of the molecule is C=C(S/C(=C\C)c1cccc2c1CCC2)c1ccc(OC(C)C)c(C#N)c1.CCC.CCSC. The Hall–Kier alpha value is -2.09. The average molecular weight is 496 g/mol. The first kappa shape index (κ1) is 29.9. The van der Waals surface area contributed by atoms with Gasteiger partial charge in [0.05, 0.1) is 11.7 Å². The molecule has 3 rings (SSSR count). The number of benzene rings is 2. The summed E-state index contributed by atoms with van der Waals surface area (Å²) in [5.74, 6) is 1.86. The zero-order chi connectivity index (χ0) is 25.5. The summed E-state index contributed by atoms with van der Waals surface area (Å²) in [6, 6.07) is 14.6. The zero-order valence-electron chi connectivity index (χ0n) is 22.0. The molecule has 2 nitrogen and oxygen atoms in total. The molecule has 0 atom stereocenters. The number of thioether (sulfide) groups is 2. The molecule has 0 saturated carbocycles. The van der Waals surface area contributed by atoms with Gasteiger partial charge in [0.2, 0.25) is 0 Å². The molecule has 0 aliphatic heterocycles. The summed E-state index contributed by atoms with van der Waals surface area (Å²) >= 11 is 3.53. The minimum Gasteiger partial charge on any atom is -0.490 e. The van der Waals surface area contributed by atoms with Crippen LogP contribution in [0, 0.1) is 11.3 Å². The van der Waals surface area contributed by atoms with E-state index in [0.29, 0.717) is 11.3 Å². The van der Waals surface area contributed by atoms with Crippen molar-refractivity contribution in [3.8, 4) is 11.8 Å². The van der Waals surface area contributed by atoms with E-state index in [-0.39, 0.29) is 6.10 Å². The third kappa shape index (κ3) is 9.28. The highest BCUT2D eigenvalue weighted by atomic mass is 32.2. The van der Waals surface area contributed by atoms with Crippen molar-refractivity contribution in [3.63, 3.8) is 0 Å². The minimum absolute atomic E-state index is 0.0373. The lowest BCUT2D eigenvalue weighted by Crippen LogP contribution is -2.06. The number of rotatable bonds is 7. The molecule has 0 heterocycles. The maximum Gasteiger partial charge on any atom is 0.137 e. The molecule has 1 aliphatic rings. The van der Waals surface area contributed by atoms with Crippen LogP contribution in [0.4, 0.5) is 0 Å². The minimum atomic E-state index is 0.0373. The number of nitrogens with zero attached hydrogens (tertiary/aromatic N) is 1. The zero-order valence-corrected chi connectivity index (χ0v) is 23.7. The second-order valence-electron chi connectivity index (χ2n) is 8.25. The number of nitriles is 1. The Kier molecular flexibility index (Phi) is 14.6. The highest BCUT2D eigenvalue weighted by Gasteiger charge is 2.18. The smallest absolute Gasteiger partial charge is 0.137 e. The molecule has 0 bridgehead atoms. The molecule has 0 fully saturated rings. The van der Waals surface area contributed by atoms with Gasteiger partial charge in [0.15, 0.2) is 0 Å². The molecule has 184 valence electrons. The number of aryl methyl sites for hydroxylation is 1. The summed E-state index contributed by atoms with van der Waals surface area (Å²) in [6.45, 7) is 16.7. The van der Waals surface area contributed by atoms with Crippen LogP contribution in [0.2, 0.25) is 0 Å². The van der Waals surface area contributed by atoms with E-state index in [1.165, 1.54) is 46.6 Å².